The minimum atomic E-state index is -0.217. The van der Waals surface area contributed by atoms with Crippen LogP contribution in [0.15, 0.2) is 48.7 Å². The van der Waals surface area contributed by atoms with Crippen LogP contribution in [0.3, 0.4) is 0 Å². The van der Waals surface area contributed by atoms with Gasteiger partial charge in [-0.15, -0.1) is 0 Å². The number of rotatable bonds is 5. The molecule has 6 heteroatoms. The number of aromatic nitrogens is 2. The van der Waals surface area contributed by atoms with Crippen LogP contribution in [-0.2, 0) is 13.6 Å². The minimum absolute atomic E-state index is 0.0235. The number of aryl methyl sites for hydroxylation is 1. The standard InChI is InChI=1S/C18H22N4O2/c1-22-11-15(17(21-22)14-5-3-2-4-6-14)10-19-18(24)20-16-8-7-13(9-16)12-23/h2-8,11,13,16,23H,9-10,12H2,1H3,(H2,19,20,24)/t13-,16+/m0/s1. The zero-order chi connectivity index (χ0) is 16.9. The number of aliphatic hydroxyl groups excluding tert-OH is 1. The molecule has 0 unspecified atom stereocenters. The van der Waals surface area contributed by atoms with Crippen molar-refractivity contribution in [3.63, 3.8) is 0 Å². The Morgan fingerprint density at radius 2 is 2.12 bits per heavy atom. The Balaban J connectivity index is 1.59. The third-order valence-electron chi connectivity index (χ3n) is 4.11. The average Bonchev–Trinajstić information content (AvgIpc) is 3.20. The molecule has 0 radical (unpaired) electrons. The summed E-state index contributed by atoms with van der Waals surface area (Å²) in [5, 5.41) is 19.4. The van der Waals surface area contributed by atoms with E-state index in [-0.39, 0.29) is 24.6 Å². The monoisotopic (exact) mass is 326 g/mol. The van der Waals surface area contributed by atoms with Gasteiger partial charge in [0.1, 0.15) is 0 Å². The molecule has 2 aromatic rings. The van der Waals surface area contributed by atoms with Crippen LogP contribution in [0.2, 0.25) is 0 Å². The Hall–Kier alpha value is -2.60. The first kappa shape index (κ1) is 16.3. The van der Waals surface area contributed by atoms with Gasteiger partial charge in [-0.1, -0.05) is 42.5 Å². The Kier molecular flexibility index (Phi) is 4.96. The van der Waals surface area contributed by atoms with Crippen molar-refractivity contribution in [2.24, 2.45) is 13.0 Å². The fourth-order valence-corrected chi connectivity index (χ4v) is 2.92. The van der Waals surface area contributed by atoms with Crippen molar-refractivity contribution < 1.29 is 9.90 Å². The van der Waals surface area contributed by atoms with E-state index in [0.717, 1.165) is 23.2 Å². The third-order valence-corrected chi connectivity index (χ3v) is 4.11. The molecule has 0 saturated heterocycles. The number of benzene rings is 1. The van der Waals surface area contributed by atoms with E-state index in [2.05, 4.69) is 15.7 Å². The lowest BCUT2D eigenvalue weighted by atomic mass is 10.1. The first-order valence-corrected chi connectivity index (χ1v) is 8.07. The third kappa shape index (κ3) is 3.83. The average molecular weight is 326 g/mol. The normalized spacial score (nSPS) is 19.4. The molecule has 2 atom stereocenters. The van der Waals surface area contributed by atoms with Gasteiger partial charge in [-0.05, 0) is 6.42 Å². The highest BCUT2D eigenvalue weighted by atomic mass is 16.3. The molecule has 1 heterocycles. The molecule has 126 valence electrons. The fourth-order valence-electron chi connectivity index (χ4n) is 2.92. The largest absolute Gasteiger partial charge is 0.396 e. The van der Waals surface area contributed by atoms with E-state index in [1.54, 1.807) is 4.68 Å². The Morgan fingerprint density at radius 1 is 1.33 bits per heavy atom. The summed E-state index contributed by atoms with van der Waals surface area (Å²) >= 11 is 0. The van der Waals surface area contributed by atoms with E-state index in [9.17, 15) is 4.79 Å². The number of carbonyl (C=O) groups excluding carboxylic acids is 1. The van der Waals surface area contributed by atoms with Crippen molar-refractivity contribution >= 4 is 6.03 Å². The van der Waals surface area contributed by atoms with Crippen LogP contribution in [-0.4, -0.2) is 33.6 Å². The number of aliphatic hydroxyl groups is 1. The summed E-state index contributed by atoms with van der Waals surface area (Å²) in [6.07, 6.45) is 6.53. The molecule has 0 spiro atoms. The number of urea groups is 1. The van der Waals surface area contributed by atoms with E-state index in [0.29, 0.717) is 6.54 Å². The molecule has 2 amide bonds. The highest BCUT2D eigenvalue weighted by molar-refractivity contribution is 5.75. The zero-order valence-corrected chi connectivity index (χ0v) is 13.6. The first-order chi connectivity index (χ1) is 11.7. The van der Waals surface area contributed by atoms with E-state index in [1.807, 2.05) is 55.7 Å². The van der Waals surface area contributed by atoms with Crippen molar-refractivity contribution in [1.29, 1.82) is 0 Å². The van der Waals surface area contributed by atoms with Crippen LogP contribution in [0.1, 0.15) is 12.0 Å². The number of nitrogens with zero attached hydrogens (tertiary/aromatic N) is 2. The molecule has 6 nitrogen and oxygen atoms in total. The van der Waals surface area contributed by atoms with Crippen LogP contribution < -0.4 is 10.6 Å². The number of hydrogen-bond donors (Lipinski definition) is 3. The second kappa shape index (κ2) is 7.31. The highest BCUT2D eigenvalue weighted by Gasteiger charge is 2.19. The number of nitrogens with one attached hydrogen (secondary N) is 2. The lowest BCUT2D eigenvalue weighted by Gasteiger charge is -2.13. The van der Waals surface area contributed by atoms with Crippen LogP contribution in [0.25, 0.3) is 11.3 Å². The second-order valence-electron chi connectivity index (χ2n) is 6.04. The molecule has 1 aromatic heterocycles. The van der Waals surface area contributed by atoms with Gasteiger partial charge in [0.05, 0.1) is 5.69 Å². The van der Waals surface area contributed by atoms with Gasteiger partial charge in [-0.2, -0.15) is 5.10 Å². The van der Waals surface area contributed by atoms with E-state index in [1.165, 1.54) is 0 Å². The maximum Gasteiger partial charge on any atom is 0.315 e. The quantitative estimate of drug-likeness (QED) is 0.733. The highest BCUT2D eigenvalue weighted by Crippen LogP contribution is 2.21. The molecule has 1 aromatic carbocycles. The SMILES string of the molecule is Cn1cc(CNC(=O)N[C@@H]2C=C[C@H](CO)C2)c(-c2ccccc2)n1. The van der Waals surface area contributed by atoms with E-state index < -0.39 is 0 Å². The summed E-state index contributed by atoms with van der Waals surface area (Å²) in [5.74, 6) is 0.137. The van der Waals surface area contributed by atoms with Gasteiger partial charge in [-0.25, -0.2) is 4.79 Å². The predicted molar refractivity (Wildman–Crippen MR) is 92.1 cm³/mol. The minimum Gasteiger partial charge on any atom is -0.396 e. The molecule has 0 fully saturated rings. The summed E-state index contributed by atoms with van der Waals surface area (Å²) in [5.41, 5.74) is 2.87. The van der Waals surface area contributed by atoms with E-state index >= 15 is 0 Å². The molecule has 0 saturated carbocycles. The van der Waals surface area contributed by atoms with Gasteiger partial charge in [0.15, 0.2) is 0 Å². The topological polar surface area (TPSA) is 79.2 Å². The fraction of sp³-hybridized carbons (Fsp3) is 0.333. The summed E-state index contributed by atoms with van der Waals surface area (Å²) < 4.78 is 1.75. The summed E-state index contributed by atoms with van der Waals surface area (Å²) in [6, 6.07) is 9.67. The molecular weight excluding hydrogens is 304 g/mol. The molecule has 1 aliphatic carbocycles. The smallest absolute Gasteiger partial charge is 0.315 e. The predicted octanol–water partition coefficient (Wildman–Crippen LogP) is 1.82. The molecule has 1 aliphatic rings. The molecule has 0 aliphatic heterocycles. The van der Waals surface area contributed by atoms with E-state index in [4.69, 9.17) is 5.11 Å². The van der Waals surface area contributed by atoms with Crippen LogP contribution >= 0.6 is 0 Å². The van der Waals surface area contributed by atoms with Gasteiger partial charge in [0.25, 0.3) is 0 Å². The lowest BCUT2D eigenvalue weighted by Crippen LogP contribution is -2.40. The number of hydrogen-bond acceptors (Lipinski definition) is 3. The number of amides is 2. The second-order valence-corrected chi connectivity index (χ2v) is 6.04. The van der Waals surface area contributed by atoms with Crippen molar-refractivity contribution in [2.75, 3.05) is 6.61 Å². The maximum absolute atomic E-state index is 12.1. The Morgan fingerprint density at radius 3 is 2.83 bits per heavy atom. The van der Waals surface area contributed by atoms with Crippen molar-refractivity contribution in [3.05, 3.63) is 54.2 Å². The number of carbonyl (C=O) groups is 1. The van der Waals surface area contributed by atoms with Gasteiger partial charge in [0, 0.05) is 49.5 Å². The molecule has 3 rings (SSSR count). The zero-order valence-electron chi connectivity index (χ0n) is 13.6. The lowest BCUT2D eigenvalue weighted by molar-refractivity contribution is 0.231. The van der Waals surface area contributed by atoms with Crippen molar-refractivity contribution in [1.82, 2.24) is 20.4 Å². The summed E-state index contributed by atoms with van der Waals surface area (Å²) in [6.45, 7) is 0.524. The molecule has 0 bridgehead atoms. The van der Waals surface area contributed by atoms with Crippen LogP contribution in [0.5, 0.6) is 0 Å². The Labute approximate surface area is 141 Å². The van der Waals surface area contributed by atoms with Gasteiger partial charge >= 0.3 is 6.03 Å². The summed E-state index contributed by atoms with van der Waals surface area (Å²) in [4.78, 5) is 12.1. The van der Waals surface area contributed by atoms with Gasteiger partial charge < -0.3 is 15.7 Å². The van der Waals surface area contributed by atoms with Crippen molar-refractivity contribution in [2.45, 2.75) is 19.0 Å². The van der Waals surface area contributed by atoms with Gasteiger partial charge in [-0.3, -0.25) is 4.68 Å². The van der Waals surface area contributed by atoms with Gasteiger partial charge in [0.2, 0.25) is 0 Å². The Bertz CT molecular complexity index is 724. The maximum atomic E-state index is 12.1. The molecule has 3 N–H and O–H groups in total. The molecular formula is C18H22N4O2. The first-order valence-electron chi connectivity index (χ1n) is 8.07. The van der Waals surface area contributed by atoms with Crippen LogP contribution in [0, 0.1) is 5.92 Å². The van der Waals surface area contributed by atoms with Crippen LogP contribution in [0.4, 0.5) is 4.79 Å². The van der Waals surface area contributed by atoms with Crippen molar-refractivity contribution in [3.8, 4) is 11.3 Å². The summed E-state index contributed by atoms with van der Waals surface area (Å²) in [7, 11) is 1.87. The molecule has 24 heavy (non-hydrogen) atoms.